The van der Waals surface area contributed by atoms with Gasteiger partial charge in [-0.25, -0.2) is 4.39 Å². The van der Waals surface area contributed by atoms with Crippen molar-refractivity contribution >= 4 is 47.2 Å². The topological polar surface area (TPSA) is 65.5 Å². The third-order valence-electron chi connectivity index (χ3n) is 4.85. The number of benzene rings is 1. The zero-order valence-corrected chi connectivity index (χ0v) is 19.7. The van der Waals surface area contributed by atoms with E-state index in [1.165, 1.54) is 17.4 Å². The average Bonchev–Trinajstić information content (AvgIpc) is 3.28. The molecule has 0 spiro atoms. The van der Waals surface area contributed by atoms with E-state index in [4.69, 9.17) is 4.99 Å². The van der Waals surface area contributed by atoms with Gasteiger partial charge in [0.05, 0.1) is 11.4 Å². The van der Waals surface area contributed by atoms with E-state index < -0.39 is 0 Å². The smallest absolute Gasteiger partial charge is 0.261 e. The molecule has 1 heterocycles. The SMILES string of the molecule is CCNC(=NCC1(c2cccc(F)c2)CC1)NCCCNC(=O)c1cccs1.I. The van der Waals surface area contributed by atoms with Gasteiger partial charge in [0.15, 0.2) is 5.96 Å². The number of guanidine groups is 1. The minimum atomic E-state index is -0.192. The Balaban J connectivity index is 0.00000300. The Morgan fingerprint density at radius 2 is 1.97 bits per heavy atom. The van der Waals surface area contributed by atoms with Crippen molar-refractivity contribution in [3.8, 4) is 0 Å². The van der Waals surface area contributed by atoms with Gasteiger partial charge >= 0.3 is 0 Å². The number of hydrogen-bond acceptors (Lipinski definition) is 3. The van der Waals surface area contributed by atoms with E-state index in [2.05, 4.69) is 16.0 Å². The molecule has 0 atom stereocenters. The number of aliphatic imine (C=N–C) groups is 1. The van der Waals surface area contributed by atoms with Gasteiger partial charge in [0.2, 0.25) is 0 Å². The number of carbonyl (C=O) groups is 1. The summed E-state index contributed by atoms with van der Waals surface area (Å²) in [6.07, 6.45) is 2.87. The van der Waals surface area contributed by atoms with Crippen molar-refractivity contribution in [3.05, 3.63) is 58.0 Å². The van der Waals surface area contributed by atoms with Crippen molar-refractivity contribution < 1.29 is 9.18 Å². The van der Waals surface area contributed by atoms with Crippen LogP contribution in [0.5, 0.6) is 0 Å². The minimum absolute atomic E-state index is 0. The fourth-order valence-corrected chi connectivity index (χ4v) is 3.71. The molecule has 8 heteroatoms. The molecular weight excluding hydrogens is 502 g/mol. The summed E-state index contributed by atoms with van der Waals surface area (Å²) in [5.74, 6) is 0.540. The maximum absolute atomic E-state index is 13.5. The summed E-state index contributed by atoms with van der Waals surface area (Å²) < 4.78 is 13.5. The lowest BCUT2D eigenvalue weighted by Gasteiger charge is -2.16. The van der Waals surface area contributed by atoms with Crippen LogP contribution in [0, 0.1) is 5.82 Å². The highest BCUT2D eigenvalue weighted by atomic mass is 127. The van der Waals surface area contributed by atoms with Crippen LogP contribution in [0.15, 0.2) is 46.8 Å². The summed E-state index contributed by atoms with van der Waals surface area (Å²) in [5.41, 5.74) is 1.00. The van der Waals surface area contributed by atoms with Crippen LogP contribution < -0.4 is 16.0 Å². The van der Waals surface area contributed by atoms with E-state index >= 15 is 0 Å². The Kier molecular flexibility index (Phi) is 9.35. The number of halogens is 2. The molecule has 29 heavy (non-hydrogen) atoms. The molecule has 5 nitrogen and oxygen atoms in total. The molecule has 1 fully saturated rings. The van der Waals surface area contributed by atoms with E-state index in [9.17, 15) is 9.18 Å². The first-order valence-electron chi connectivity index (χ1n) is 9.73. The molecule has 3 N–H and O–H groups in total. The molecule has 2 aromatic rings. The normalized spacial score (nSPS) is 14.6. The number of nitrogens with one attached hydrogen (secondary N) is 3. The van der Waals surface area contributed by atoms with Crippen molar-refractivity contribution in [2.75, 3.05) is 26.2 Å². The van der Waals surface area contributed by atoms with Crippen molar-refractivity contribution in [2.45, 2.75) is 31.6 Å². The fraction of sp³-hybridized carbons (Fsp3) is 0.429. The summed E-state index contributed by atoms with van der Waals surface area (Å²) in [4.78, 5) is 17.3. The van der Waals surface area contributed by atoms with Crippen LogP contribution in [0.2, 0.25) is 0 Å². The van der Waals surface area contributed by atoms with Gasteiger partial charge < -0.3 is 16.0 Å². The molecule has 0 saturated heterocycles. The van der Waals surface area contributed by atoms with Crippen LogP contribution >= 0.6 is 35.3 Å². The predicted octanol–water partition coefficient (Wildman–Crippen LogP) is 3.91. The van der Waals surface area contributed by atoms with Crippen molar-refractivity contribution in [1.82, 2.24) is 16.0 Å². The number of carbonyl (C=O) groups excluding carboxylic acids is 1. The van der Waals surface area contributed by atoms with Crippen LogP contribution in [0.1, 0.15) is 41.4 Å². The van der Waals surface area contributed by atoms with E-state index in [1.54, 1.807) is 12.1 Å². The number of amides is 1. The van der Waals surface area contributed by atoms with Gasteiger partial charge in [-0.1, -0.05) is 18.2 Å². The number of rotatable bonds is 9. The molecule has 1 amide bonds. The molecule has 0 unspecified atom stereocenters. The summed E-state index contributed by atoms with van der Waals surface area (Å²) in [6, 6.07) is 10.5. The van der Waals surface area contributed by atoms with Crippen LogP contribution in [-0.4, -0.2) is 38.0 Å². The summed E-state index contributed by atoms with van der Waals surface area (Å²) in [5, 5.41) is 11.4. The third kappa shape index (κ3) is 6.95. The number of hydrogen-bond donors (Lipinski definition) is 3. The van der Waals surface area contributed by atoms with E-state index in [1.807, 2.05) is 30.5 Å². The Morgan fingerprint density at radius 3 is 2.62 bits per heavy atom. The second-order valence-electron chi connectivity index (χ2n) is 7.00. The standard InChI is InChI=1S/C21H27FN4OS.HI/c1-2-23-20(25-12-5-11-24-19(27)18-8-4-13-28-18)26-15-21(9-10-21)16-6-3-7-17(22)14-16;/h3-4,6-8,13-14H,2,5,9-12,15H2,1H3,(H,24,27)(H2,23,25,26);1H. The first-order chi connectivity index (χ1) is 13.6. The molecule has 158 valence electrons. The highest BCUT2D eigenvalue weighted by Gasteiger charge is 2.44. The van der Waals surface area contributed by atoms with Crippen molar-refractivity contribution in [2.24, 2.45) is 4.99 Å². The van der Waals surface area contributed by atoms with Gasteiger partial charge in [-0.2, -0.15) is 0 Å². The largest absolute Gasteiger partial charge is 0.357 e. The molecule has 0 aliphatic heterocycles. The minimum Gasteiger partial charge on any atom is -0.357 e. The van der Waals surface area contributed by atoms with E-state index in [0.717, 1.165) is 42.2 Å². The van der Waals surface area contributed by atoms with Crippen LogP contribution in [-0.2, 0) is 5.41 Å². The quantitative estimate of drug-likeness (QED) is 0.200. The molecule has 3 rings (SSSR count). The summed E-state index contributed by atoms with van der Waals surface area (Å²) >= 11 is 1.44. The number of thiophene rings is 1. The predicted molar refractivity (Wildman–Crippen MR) is 128 cm³/mol. The Labute approximate surface area is 192 Å². The van der Waals surface area contributed by atoms with Crippen LogP contribution in [0.3, 0.4) is 0 Å². The van der Waals surface area contributed by atoms with E-state index in [0.29, 0.717) is 19.6 Å². The molecule has 0 bridgehead atoms. The Bertz CT molecular complexity index is 809. The zero-order valence-electron chi connectivity index (χ0n) is 16.5. The Morgan fingerprint density at radius 1 is 1.17 bits per heavy atom. The second kappa shape index (κ2) is 11.5. The Hall–Kier alpha value is -1.68. The first kappa shape index (κ1) is 23.6. The molecule has 1 aromatic heterocycles. The fourth-order valence-electron chi connectivity index (χ4n) is 3.07. The van der Waals surface area contributed by atoms with Gasteiger partial charge in [0, 0.05) is 25.0 Å². The molecule has 1 saturated carbocycles. The maximum Gasteiger partial charge on any atom is 0.261 e. The lowest BCUT2D eigenvalue weighted by molar-refractivity contribution is 0.0957. The molecule has 1 aliphatic rings. The van der Waals surface area contributed by atoms with E-state index in [-0.39, 0.29) is 41.1 Å². The molecule has 1 aliphatic carbocycles. The van der Waals surface area contributed by atoms with Crippen molar-refractivity contribution in [1.29, 1.82) is 0 Å². The first-order valence-corrected chi connectivity index (χ1v) is 10.6. The van der Waals surface area contributed by atoms with Gasteiger partial charge in [-0.15, -0.1) is 35.3 Å². The second-order valence-corrected chi connectivity index (χ2v) is 7.95. The summed E-state index contributed by atoms with van der Waals surface area (Å²) in [6.45, 7) is 4.76. The lowest BCUT2D eigenvalue weighted by Crippen LogP contribution is -2.39. The highest BCUT2D eigenvalue weighted by molar-refractivity contribution is 14.0. The lowest BCUT2D eigenvalue weighted by atomic mass is 9.96. The van der Waals surface area contributed by atoms with Gasteiger partial charge in [-0.3, -0.25) is 9.79 Å². The van der Waals surface area contributed by atoms with Gasteiger partial charge in [0.25, 0.3) is 5.91 Å². The molecule has 0 radical (unpaired) electrons. The average molecular weight is 530 g/mol. The maximum atomic E-state index is 13.5. The molecular formula is C21H28FIN4OS. The van der Waals surface area contributed by atoms with Crippen molar-refractivity contribution in [3.63, 3.8) is 0 Å². The van der Waals surface area contributed by atoms with Crippen LogP contribution in [0.25, 0.3) is 0 Å². The highest BCUT2D eigenvalue weighted by Crippen LogP contribution is 2.48. The van der Waals surface area contributed by atoms with Crippen LogP contribution in [0.4, 0.5) is 4.39 Å². The third-order valence-corrected chi connectivity index (χ3v) is 5.72. The monoisotopic (exact) mass is 530 g/mol. The molecule has 1 aromatic carbocycles. The van der Waals surface area contributed by atoms with Gasteiger partial charge in [0.1, 0.15) is 5.82 Å². The van der Waals surface area contributed by atoms with Gasteiger partial charge in [-0.05, 0) is 55.3 Å². The zero-order chi connectivity index (χ0) is 19.8. The summed E-state index contributed by atoms with van der Waals surface area (Å²) in [7, 11) is 0. The number of nitrogens with zero attached hydrogens (tertiary/aromatic N) is 1.